The average molecular weight is 302 g/mol. The Balaban J connectivity index is 2.85. The van der Waals surface area contributed by atoms with Crippen molar-refractivity contribution in [2.24, 2.45) is 0 Å². The molecule has 2 atom stereocenters. The predicted octanol–water partition coefficient (Wildman–Crippen LogP) is -1.23. The van der Waals surface area contributed by atoms with Gasteiger partial charge in [0.1, 0.15) is 5.88 Å². The van der Waals surface area contributed by atoms with Crippen LogP contribution in [0.4, 0.5) is 0 Å². The number of hydrogen-bond donors (Lipinski definition) is 3. The van der Waals surface area contributed by atoms with E-state index in [9.17, 15) is 16.8 Å². The van der Waals surface area contributed by atoms with Crippen LogP contribution in [0.25, 0.3) is 0 Å². The molecule has 108 valence electrons. The van der Waals surface area contributed by atoms with Crippen LogP contribution >= 0.6 is 0 Å². The van der Waals surface area contributed by atoms with E-state index in [-0.39, 0.29) is 6.54 Å². The molecule has 0 spiro atoms. The Hall–Kier alpha value is -0.260. The quantitative estimate of drug-likeness (QED) is 0.521. The van der Waals surface area contributed by atoms with Crippen molar-refractivity contribution in [1.29, 1.82) is 0 Å². The molecule has 0 aromatic rings. The number of rotatable bonds is 6. The summed E-state index contributed by atoms with van der Waals surface area (Å²) in [6, 6.07) is -0.700. The van der Waals surface area contributed by atoms with Gasteiger partial charge >= 0.3 is 0 Å². The van der Waals surface area contributed by atoms with Crippen LogP contribution in [0, 0.1) is 0 Å². The van der Waals surface area contributed by atoms with E-state index in [1.54, 1.807) is 6.92 Å². The van der Waals surface area contributed by atoms with Crippen LogP contribution < -0.4 is 5.32 Å². The number of hydrogen-bond acceptors (Lipinski definition) is 6. The normalized spacial score (nSPS) is 30.1. The first kappa shape index (κ1) is 15.8. The lowest BCUT2D eigenvalue weighted by molar-refractivity contribution is 0.00437. The topological polar surface area (TPSA) is 124 Å². The van der Waals surface area contributed by atoms with Crippen LogP contribution in [-0.2, 0) is 20.2 Å². The van der Waals surface area contributed by atoms with Gasteiger partial charge in [-0.2, -0.15) is 16.8 Å². The third-order valence-corrected chi connectivity index (χ3v) is 4.38. The largest absolute Gasteiger partial charge is 0.309 e. The second-order valence-electron chi connectivity index (χ2n) is 4.67. The number of nitrogens with zero attached hydrogens (tertiary/aromatic N) is 1. The van der Waals surface area contributed by atoms with E-state index in [0.717, 1.165) is 0 Å². The Kier molecular flexibility index (Phi) is 4.41. The molecule has 8 nitrogen and oxygen atoms in total. The molecule has 0 radical (unpaired) electrons. The Morgan fingerprint density at radius 1 is 1.28 bits per heavy atom. The minimum atomic E-state index is -4.22. The fourth-order valence-electron chi connectivity index (χ4n) is 2.34. The summed E-state index contributed by atoms with van der Waals surface area (Å²) in [5, 5.41) is 3.05. The molecule has 0 saturated carbocycles. The summed E-state index contributed by atoms with van der Waals surface area (Å²) in [6.45, 7) is 4.44. The maximum Gasteiger partial charge on any atom is 0.278 e. The van der Waals surface area contributed by atoms with Crippen LogP contribution in [0.3, 0.4) is 0 Å². The molecule has 1 aliphatic rings. The smallest absolute Gasteiger partial charge is 0.278 e. The maximum absolute atomic E-state index is 10.9. The number of likely N-dealkylation sites (N-methyl/N-ethyl adjacent to an activating group) is 1. The highest BCUT2D eigenvalue weighted by Crippen LogP contribution is 2.30. The Bertz CT molecular complexity index is 502. The summed E-state index contributed by atoms with van der Waals surface area (Å²) in [4.78, 5) is 1.30. The second kappa shape index (κ2) is 5.02. The molecule has 3 N–H and O–H groups in total. The van der Waals surface area contributed by atoms with Gasteiger partial charge in [-0.15, -0.1) is 0 Å². The molecular weight excluding hydrogens is 284 g/mol. The standard InChI is InChI=1S/C8H18N2O6S2/c1-3-9-8(2)5-10(6-18(14,15)16)7(8)4-17(11,12)13/h7,9H,3-6H2,1-2H3,(H,11,12,13)(H,14,15,16). The van der Waals surface area contributed by atoms with E-state index in [1.165, 1.54) is 4.90 Å². The zero-order valence-electron chi connectivity index (χ0n) is 10.2. The van der Waals surface area contributed by atoms with Gasteiger partial charge in [0, 0.05) is 18.1 Å². The molecule has 0 aliphatic carbocycles. The highest BCUT2D eigenvalue weighted by atomic mass is 32.2. The molecule has 18 heavy (non-hydrogen) atoms. The average Bonchev–Trinajstić information content (AvgIpc) is 2.11. The summed E-state index contributed by atoms with van der Waals surface area (Å²) >= 11 is 0. The zero-order chi connectivity index (χ0) is 14.2. The highest BCUT2D eigenvalue weighted by Gasteiger charge is 2.51. The molecule has 1 rings (SSSR count). The van der Waals surface area contributed by atoms with Gasteiger partial charge in [-0.05, 0) is 13.5 Å². The molecular formula is C8H18N2O6S2. The number of likely N-dealkylation sites (tertiary alicyclic amines) is 1. The van der Waals surface area contributed by atoms with Gasteiger partial charge in [0.25, 0.3) is 20.2 Å². The third kappa shape index (κ3) is 4.14. The lowest BCUT2D eigenvalue weighted by Crippen LogP contribution is -2.76. The Morgan fingerprint density at radius 3 is 2.22 bits per heavy atom. The summed E-state index contributed by atoms with van der Waals surface area (Å²) in [6.07, 6.45) is 0. The van der Waals surface area contributed by atoms with Gasteiger partial charge in [-0.25, -0.2) is 0 Å². The van der Waals surface area contributed by atoms with E-state index in [1.807, 2.05) is 6.92 Å². The number of nitrogens with one attached hydrogen (secondary N) is 1. The van der Waals surface area contributed by atoms with E-state index in [0.29, 0.717) is 6.54 Å². The Morgan fingerprint density at radius 2 is 1.83 bits per heavy atom. The lowest BCUT2D eigenvalue weighted by atomic mass is 9.83. The van der Waals surface area contributed by atoms with Crippen molar-refractivity contribution in [3.05, 3.63) is 0 Å². The molecule has 0 aromatic carbocycles. The van der Waals surface area contributed by atoms with Gasteiger partial charge in [0.2, 0.25) is 0 Å². The van der Waals surface area contributed by atoms with Crippen LogP contribution in [0.1, 0.15) is 13.8 Å². The molecule has 2 unspecified atom stereocenters. The molecule has 1 heterocycles. The van der Waals surface area contributed by atoms with Gasteiger partial charge < -0.3 is 5.32 Å². The highest BCUT2D eigenvalue weighted by molar-refractivity contribution is 7.86. The molecule has 0 amide bonds. The van der Waals surface area contributed by atoms with Gasteiger partial charge in [0.05, 0.1) is 5.75 Å². The third-order valence-electron chi connectivity index (χ3n) is 2.99. The molecule has 1 aliphatic heterocycles. The van der Waals surface area contributed by atoms with Gasteiger partial charge in [-0.1, -0.05) is 6.92 Å². The van der Waals surface area contributed by atoms with E-state index >= 15 is 0 Å². The van der Waals surface area contributed by atoms with Crippen molar-refractivity contribution in [1.82, 2.24) is 10.2 Å². The van der Waals surface area contributed by atoms with Crippen molar-refractivity contribution in [3.63, 3.8) is 0 Å². The maximum atomic E-state index is 10.9. The fraction of sp³-hybridized carbons (Fsp3) is 1.00. The molecule has 10 heteroatoms. The molecule has 1 saturated heterocycles. The first-order valence-electron chi connectivity index (χ1n) is 5.36. The van der Waals surface area contributed by atoms with E-state index < -0.39 is 43.4 Å². The monoisotopic (exact) mass is 302 g/mol. The van der Waals surface area contributed by atoms with Gasteiger partial charge in [-0.3, -0.25) is 14.0 Å². The van der Waals surface area contributed by atoms with E-state index in [2.05, 4.69) is 5.32 Å². The lowest BCUT2D eigenvalue weighted by Gasteiger charge is -2.55. The molecule has 0 aromatic heterocycles. The van der Waals surface area contributed by atoms with Crippen molar-refractivity contribution in [2.45, 2.75) is 25.4 Å². The summed E-state index contributed by atoms with van der Waals surface area (Å²) in [5.74, 6) is -1.22. The minimum absolute atomic E-state index is 0.279. The fourth-order valence-corrected chi connectivity index (χ4v) is 4.01. The first-order valence-corrected chi connectivity index (χ1v) is 8.58. The van der Waals surface area contributed by atoms with Crippen LogP contribution in [-0.4, -0.2) is 67.1 Å². The SMILES string of the molecule is CCNC1(C)CN(CS(=O)(=O)O)C1CS(=O)(=O)O. The summed E-state index contributed by atoms with van der Waals surface area (Å²) in [7, 11) is -8.44. The van der Waals surface area contributed by atoms with Crippen LogP contribution in [0.5, 0.6) is 0 Å². The zero-order valence-corrected chi connectivity index (χ0v) is 11.8. The van der Waals surface area contributed by atoms with Crippen molar-refractivity contribution >= 4 is 20.2 Å². The first-order chi connectivity index (χ1) is 7.97. The second-order valence-corrected chi connectivity index (χ2v) is 7.59. The predicted molar refractivity (Wildman–Crippen MR) is 65.4 cm³/mol. The van der Waals surface area contributed by atoms with Crippen LogP contribution in [0.15, 0.2) is 0 Å². The Labute approximate surface area is 107 Å². The minimum Gasteiger partial charge on any atom is -0.309 e. The van der Waals surface area contributed by atoms with Crippen molar-refractivity contribution < 1.29 is 25.9 Å². The van der Waals surface area contributed by atoms with Gasteiger partial charge in [0.15, 0.2) is 0 Å². The van der Waals surface area contributed by atoms with Crippen molar-refractivity contribution in [3.8, 4) is 0 Å². The van der Waals surface area contributed by atoms with Crippen molar-refractivity contribution in [2.75, 3.05) is 24.7 Å². The summed E-state index contributed by atoms with van der Waals surface area (Å²) < 4.78 is 61.1. The summed E-state index contributed by atoms with van der Waals surface area (Å²) in [5.41, 5.74) is -0.602. The molecule has 1 fully saturated rings. The van der Waals surface area contributed by atoms with E-state index in [4.69, 9.17) is 9.11 Å². The molecule has 0 bridgehead atoms. The van der Waals surface area contributed by atoms with Crippen LogP contribution in [0.2, 0.25) is 0 Å².